The van der Waals surface area contributed by atoms with E-state index in [0.29, 0.717) is 11.4 Å². The van der Waals surface area contributed by atoms with Crippen molar-refractivity contribution in [3.05, 3.63) is 114 Å². The number of para-hydroxylation sites is 1. The molecule has 1 fully saturated rings. The molecule has 4 atom stereocenters. The summed E-state index contributed by atoms with van der Waals surface area (Å²) >= 11 is 0. The molecule has 1 aliphatic carbocycles. The number of nitrogens with zero attached hydrogens (tertiary/aromatic N) is 1. The molecular formula is C32H23NO4. The van der Waals surface area contributed by atoms with Gasteiger partial charge in [-0.05, 0) is 35.1 Å². The van der Waals surface area contributed by atoms with Gasteiger partial charge in [0.15, 0.2) is 0 Å². The lowest BCUT2D eigenvalue weighted by atomic mass is 9.64. The lowest BCUT2D eigenvalue weighted by Gasteiger charge is -2.38. The zero-order chi connectivity index (χ0) is 25.3. The summed E-state index contributed by atoms with van der Waals surface area (Å²) in [5, 5.41) is 1.82. The first-order chi connectivity index (χ1) is 18.0. The molecule has 37 heavy (non-hydrogen) atoms. The maximum absolute atomic E-state index is 14.1. The summed E-state index contributed by atoms with van der Waals surface area (Å²) in [4.78, 5) is 43.0. The number of anilines is 1. The van der Waals surface area contributed by atoms with E-state index in [1.54, 1.807) is 6.07 Å². The van der Waals surface area contributed by atoms with Gasteiger partial charge in [0.1, 0.15) is 5.75 Å². The molecule has 7 rings (SSSR count). The van der Waals surface area contributed by atoms with Crippen LogP contribution in [-0.2, 0) is 14.4 Å². The zero-order valence-electron chi connectivity index (χ0n) is 20.1. The highest BCUT2D eigenvalue weighted by atomic mass is 16.5. The predicted octanol–water partition coefficient (Wildman–Crippen LogP) is 5.67. The molecule has 0 N–H and O–H groups in total. The Bertz CT molecular complexity index is 1650. The van der Waals surface area contributed by atoms with E-state index in [-0.39, 0.29) is 17.7 Å². The molecule has 5 heteroatoms. The number of amides is 2. The van der Waals surface area contributed by atoms with Crippen molar-refractivity contribution in [2.24, 2.45) is 17.8 Å². The van der Waals surface area contributed by atoms with Crippen LogP contribution in [-0.4, -0.2) is 17.8 Å². The van der Waals surface area contributed by atoms with Crippen LogP contribution in [0, 0.1) is 24.7 Å². The number of esters is 1. The Hall–Kier alpha value is -4.51. The Morgan fingerprint density at radius 2 is 1.43 bits per heavy atom. The van der Waals surface area contributed by atoms with Gasteiger partial charge in [-0.1, -0.05) is 91.0 Å². The third-order valence-electron chi connectivity index (χ3n) is 8.03. The number of hydrogen-bond acceptors (Lipinski definition) is 4. The van der Waals surface area contributed by atoms with Crippen molar-refractivity contribution in [1.29, 1.82) is 0 Å². The van der Waals surface area contributed by atoms with Crippen molar-refractivity contribution in [1.82, 2.24) is 0 Å². The Kier molecular flexibility index (Phi) is 4.70. The molecule has 0 aromatic heterocycles. The maximum atomic E-state index is 14.1. The quantitative estimate of drug-likeness (QED) is 0.209. The lowest BCUT2D eigenvalue weighted by molar-refractivity contribution is -0.142. The fourth-order valence-electron chi connectivity index (χ4n) is 6.34. The van der Waals surface area contributed by atoms with Crippen LogP contribution < -0.4 is 9.64 Å². The summed E-state index contributed by atoms with van der Waals surface area (Å²) in [6.45, 7) is 1.88. The van der Waals surface area contributed by atoms with Crippen molar-refractivity contribution in [3.8, 4) is 5.75 Å². The van der Waals surface area contributed by atoms with Gasteiger partial charge in [0.2, 0.25) is 11.8 Å². The number of fused-ring (bicyclic) bond motifs is 7. The minimum Gasteiger partial charge on any atom is -0.425 e. The van der Waals surface area contributed by atoms with E-state index >= 15 is 0 Å². The fourth-order valence-corrected chi connectivity index (χ4v) is 6.34. The standard InChI is InChI=1S/C32H23NO4/c1-18-9-5-8-14-25(18)33-30(34)26-23(19-10-3-2-4-11-19)17-24-22-16-15-20-12-6-7-13-21(20)29(22)37-32(36)27(24)28(26)31(33)35/h2-17,23,26-28H,1H3/t23-,26-,27-,28+/m1/s1. The maximum Gasteiger partial charge on any atom is 0.319 e. The summed E-state index contributed by atoms with van der Waals surface area (Å²) in [5.41, 5.74) is 3.90. The van der Waals surface area contributed by atoms with Gasteiger partial charge in [-0.3, -0.25) is 14.4 Å². The Balaban J connectivity index is 1.46. The van der Waals surface area contributed by atoms with E-state index in [9.17, 15) is 14.4 Å². The number of rotatable bonds is 2. The van der Waals surface area contributed by atoms with Crippen LogP contribution in [0.5, 0.6) is 5.75 Å². The van der Waals surface area contributed by atoms with E-state index in [1.807, 2.05) is 97.9 Å². The van der Waals surface area contributed by atoms with Gasteiger partial charge in [-0.15, -0.1) is 0 Å². The molecule has 0 bridgehead atoms. The van der Waals surface area contributed by atoms with Crippen LogP contribution in [0.1, 0.15) is 22.6 Å². The van der Waals surface area contributed by atoms with Gasteiger partial charge < -0.3 is 4.74 Å². The first-order valence-electron chi connectivity index (χ1n) is 12.5. The van der Waals surface area contributed by atoms with E-state index in [1.165, 1.54) is 4.90 Å². The molecule has 4 aromatic rings. The second-order valence-electron chi connectivity index (χ2n) is 9.97. The molecular weight excluding hydrogens is 462 g/mol. The van der Waals surface area contributed by atoms with Crippen molar-refractivity contribution < 1.29 is 19.1 Å². The van der Waals surface area contributed by atoms with Crippen LogP contribution in [0.4, 0.5) is 5.69 Å². The predicted molar refractivity (Wildman–Crippen MR) is 141 cm³/mol. The normalized spacial score (nSPS) is 24.3. The number of benzene rings is 4. The first-order valence-corrected chi connectivity index (χ1v) is 12.5. The van der Waals surface area contributed by atoms with Crippen molar-refractivity contribution in [3.63, 3.8) is 0 Å². The number of hydrogen-bond donors (Lipinski definition) is 0. The lowest BCUT2D eigenvalue weighted by Crippen LogP contribution is -2.42. The van der Waals surface area contributed by atoms with Crippen LogP contribution in [0.25, 0.3) is 16.3 Å². The summed E-state index contributed by atoms with van der Waals surface area (Å²) in [5.74, 6) is -3.32. The third-order valence-corrected chi connectivity index (χ3v) is 8.03. The largest absolute Gasteiger partial charge is 0.425 e. The molecule has 180 valence electrons. The van der Waals surface area contributed by atoms with E-state index in [2.05, 4.69) is 0 Å². The summed E-state index contributed by atoms with van der Waals surface area (Å²) in [6, 6.07) is 28.9. The molecule has 0 radical (unpaired) electrons. The van der Waals surface area contributed by atoms with Crippen LogP contribution in [0.15, 0.2) is 97.1 Å². The second kappa shape index (κ2) is 8.00. The molecule has 2 heterocycles. The smallest absolute Gasteiger partial charge is 0.319 e. The molecule has 1 saturated heterocycles. The zero-order valence-corrected chi connectivity index (χ0v) is 20.1. The summed E-state index contributed by atoms with van der Waals surface area (Å²) < 4.78 is 5.95. The number of aryl methyl sites for hydroxylation is 1. The highest BCUT2D eigenvalue weighted by Crippen LogP contribution is 2.55. The van der Waals surface area contributed by atoms with Gasteiger partial charge in [-0.2, -0.15) is 0 Å². The van der Waals surface area contributed by atoms with Gasteiger partial charge in [0.25, 0.3) is 0 Å². The monoisotopic (exact) mass is 485 g/mol. The fraction of sp³-hybridized carbons (Fsp3) is 0.156. The van der Waals surface area contributed by atoms with Gasteiger partial charge >= 0.3 is 5.97 Å². The molecule has 0 saturated carbocycles. The first kappa shape index (κ1) is 21.7. The summed E-state index contributed by atoms with van der Waals surface area (Å²) in [6.07, 6.45) is 2.03. The molecule has 3 aliphatic rings. The molecule has 2 aliphatic heterocycles. The number of imide groups is 1. The number of allylic oxidation sites excluding steroid dienone is 1. The SMILES string of the molecule is Cc1ccccc1N1C(=O)[C@@H]2[C@@H]3C(=O)Oc4c(ccc5ccccc45)C3=C[C@H](c3ccccc3)[C@H]2C1=O. The molecule has 2 amide bonds. The highest BCUT2D eigenvalue weighted by Gasteiger charge is 2.60. The van der Waals surface area contributed by atoms with Crippen molar-refractivity contribution >= 4 is 39.8 Å². The molecule has 0 unspecified atom stereocenters. The minimum atomic E-state index is -0.843. The number of ether oxygens (including phenoxy) is 1. The Morgan fingerprint density at radius 3 is 2.24 bits per heavy atom. The van der Waals surface area contributed by atoms with E-state index < -0.39 is 23.7 Å². The van der Waals surface area contributed by atoms with Crippen molar-refractivity contribution in [2.75, 3.05) is 4.90 Å². The van der Waals surface area contributed by atoms with Crippen LogP contribution >= 0.6 is 0 Å². The number of carbonyl (C=O) groups is 3. The second-order valence-corrected chi connectivity index (χ2v) is 9.97. The summed E-state index contributed by atoms with van der Waals surface area (Å²) in [7, 11) is 0. The van der Waals surface area contributed by atoms with Gasteiger partial charge in [-0.25, -0.2) is 4.90 Å². The Labute approximate surface area is 214 Å². The van der Waals surface area contributed by atoms with E-state index in [0.717, 1.165) is 33.0 Å². The van der Waals surface area contributed by atoms with Gasteiger partial charge in [0.05, 0.1) is 23.4 Å². The third kappa shape index (κ3) is 3.07. The molecule has 4 aromatic carbocycles. The Morgan fingerprint density at radius 1 is 0.730 bits per heavy atom. The van der Waals surface area contributed by atoms with Crippen molar-refractivity contribution in [2.45, 2.75) is 12.8 Å². The van der Waals surface area contributed by atoms with E-state index in [4.69, 9.17) is 4.74 Å². The topological polar surface area (TPSA) is 63.7 Å². The average molecular weight is 486 g/mol. The van der Waals surface area contributed by atoms with Crippen LogP contribution in [0.2, 0.25) is 0 Å². The minimum absolute atomic E-state index is 0.273. The molecule has 5 nitrogen and oxygen atoms in total. The highest BCUT2D eigenvalue weighted by molar-refractivity contribution is 6.25. The van der Waals surface area contributed by atoms with Gasteiger partial charge in [0, 0.05) is 16.9 Å². The molecule has 0 spiro atoms. The number of carbonyl (C=O) groups excluding carboxylic acids is 3. The van der Waals surface area contributed by atoms with Crippen LogP contribution in [0.3, 0.4) is 0 Å². The average Bonchev–Trinajstić information content (AvgIpc) is 3.19.